The monoisotopic (exact) mass is 290 g/mol. The molecule has 0 radical (unpaired) electrons. The van der Waals surface area contributed by atoms with Gasteiger partial charge in [0, 0.05) is 12.0 Å². The van der Waals surface area contributed by atoms with Gasteiger partial charge in [0.25, 0.3) is 0 Å². The molecule has 0 aliphatic rings. The quantitative estimate of drug-likeness (QED) is 0.798. The predicted molar refractivity (Wildman–Crippen MR) is 73.9 cm³/mol. The number of benzene rings is 1. The summed E-state index contributed by atoms with van der Waals surface area (Å²) in [7, 11) is 0. The van der Waals surface area contributed by atoms with Crippen LogP contribution in [0.3, 0.4) is 0 Å². The maximum Gasteiger partial charge on any atom is 0.130 e. The molecule has 0 unspecified atom stereocenters. The van der Waals surface area contributed by atoms with Gasteiger partial charge in [0.15, 0.2) is 0 Å². The molecule has 0 spiro atoms. The van der Waals surface area contributed by atoms with E-state index in [1.54, 1.807) is 0 Å². The van der Waals surface area contributed by atoms with Gasteiger partial charge in [-0.3, -0.25) is 0 Å². The molecule has 0 N–H and O–H groups in total. The minimum atomic E-state index is 0.846. The van der Waals surface area contributed by atoms with Gasteiger partial charge in [0.2, 0.25) is 0 Å². The molecule has 0 atom stereocenters. The van der Waals surface area contributed by atoms with Crippen molar-refractivity contribution in [1.29, 1.82) is 0 Å². The first-order valence-corrected chi connectivity index (χ1v) is 6.65. The van der Waals surface area contributed by atoms with Crippen LogP contribution in [0.4, 0.5) is 0 Å². The van der Waals surface area contributed by atoms with Crippen molar-refractivity contribution in [2.75, 3.05) is 0 Å². The van der Waals surface area contributed by atoms with Crippen molar-refractivity contribution in [2.45, 2.75) is 26.7 Å². The van der Waals surface area contributed by atoms with Gasteiger partial charge >= 0.3 is 0 Å². The van der Waals surface area contributed by atoms with E-state index in [0.29, 0.717) is 0 Å². The van der Waals surface area contributed by atoms with E-state index < -0.39 is 0 Å². The van der Waals surface area contributed by atoms with Crippen LogP contribution in [0.5, 0.6) is 0 Å². The van der Waals surface area contributed by atoms with Gasteiger partial charge in [-0.15, -0.1) is 0 Å². The van der Waals surface area contributed by atoms with E-state index in [2.05, 4.69) is 64.0 Å². The molecule has 0 saturated heterocycles. The second-order valence-electron chi connectivity index (χ2n) is 3.90. The largest absolute Gasteiger partial charge is 0.233 e. The van der Waals surface area contributed by atoms with Crippen LogP contribution in [0.2, 0.25) is 0 Å². The van der Waals surface area contributed by atoms with Crippen LogP contribution in [0.1, 0.15) is 25.2 Å². The molecule has 2 rings (SSSR count). The van der Waals surface area contributed by atoms with Crippen molar-refractivity contribution in [1.82, 2.24) is 9.97 Å². The van der Waals surface area contributed by atoms with Crippen LogP contribution in [-0.2, 0) is 12.8 Å². The summed E-state index contributed by atoms with van der Waals surface area (Å²) in [5, 5.41) is 0. The molecule has 0 saturated carbocycles. The Morgan fingerprint density at radius 2 is 1.71 bits per heavy atom. The highest BCUT2D eigenvalue weighted by molar-refractivity contribution is 9.10. The summed E-state index contributed by atoms with van der Waals surface area (Å²) in [5.74, 6) is 0.869. The highest BCUT2D eigenvalue weighted by Gasteiger charge is 2.04. The predicted octanol–water partition coefficient (Wildman–Crippen LogP) is 4.03. The molecule has 0 aliphatic carbocycles. The zero-order chi connectivity index (χ0) is 12.3. The van der Waals surface area contributed by atoms with Gasteiger partial charge in [-0.2, -0.15) is 0 Å². The highest BCUT2D eigenvalue weighted by atomic mass is 79.9. The summed E-state index contributed by atoms with van der Waals surface area (Å²) in [6.07, 6.45) is 1.91. The first-order chi connectivity index (χ1) is 8.22. The molecule has 2 aromatic rings. The fourth-order valence-corrected chi connectivity index (χ4v) is 2.10. The molecule has 17 heavy (non-hydrogen) atoms. The van der Waals surface area contributed by atoms with Crippen LogP contribution < -0.4 is 0 Å². The van der Waals surface area contributed by atoms with E-state index in [4.69, 9.17) is 0 Å². The smallest absolute Gasteiger partial charge is 0.130 e. The third-order valence-corrected chi connectivity index (χ3v) is 3.12. The summed E-state index contributed by atoms with van der Waals surface area (Å²) in [4.78, 5) is 8.85. The molecule has 1 aromatic heterocycles. The number of aromatic nitrogens is 2. The lowest BCUT2D eigenvalue weighted by atomic mass is 10.1. The average Bonchev–Trinajstić information content (AvgIpc) is 2.38. The summed E-state index contributed by atoms with van der Waals surface area (Å²) < 4.78 is 0.846. The second-order valence-corrected chi connectivity index (χ2v) is 4.71. The second kappa shape index (κ2) is 5.41. The molecule has 0 aliphatic heterocycles. The third-order valence-electron chi connectivity index (χ3n) is 2.72. The van der Waals surface area contributed by atoms with Crippen molar-refractivity contribution in [3.63, 3.8) is 0 Å². The van der Waals surface area contributed by atoms with Gasteiger partial charge in [0.05, 0.1) is 5.69 Å². The van der Waals surface area contributed by atoms with Gasteiger partial charge in [0.1, 0.15) is 10.4 Å². The number of hydrogen-bond acceptors (Lipinski definition) is 2. The zero-order valence-corrected chi connectivity index (χ0v) is 11.7. The molecule has 1 heterocycles. The standard InChI is InChI=1S/C14H15BrN2/c1-3-10-5-7-11(8-6-10)12-9-13(15)17-14(4-2)16-12/h5-9H,3-4H2,1-2H3. The first-order valence-electron chi connectivity index (χ1n) is 5.85. The van der Waals surface area contributed by atoms with Gasteiger partial charge < -0.3 is 0 Å². The van der Waals surface area contributed by atoms with E-state index in [0.717, 1.165) is 34.5 Å². The van der Waals surface area contributed by atoms with E-state index in [9.17, 15) is 0 Å². The Bertz CT molecular complexity index is 506. The molecule has 0 bridgehead atoms. The lowest BCUT2D eigenvalue weighted by molar-refractivity contribution is 0.931. The fourth-order valence-electron chi connectivity index (χ4n) is 1.68. The third kappa shape index (κ3) is 2.91. The topological polar surface area (TPSA) is 25.8 Å². The van der Waals surface area contributed by atoms with Crippen LogP contribution in [0, 0.1) is 0 Å². The highest BCUT2D eigenvalue weighted by Crippen LogP contribution is 2.21. The van der Waals surface area contributed by atoms with Crippen LogP contribution in [0.15, 0.2) is 34.9 Å². The Balaban J connectivity index is 2.41. The lowest BCUT2D eigenvalue weighted by Gasteiger charge is -2.05. The minimum absolute atomic E-state index is 0.846. The van der Waals surface area contributed by atoms with Crippen molar-refractivity contribution in [3.8, 4) is 11.3 Å². The Kier molecular flexibility index (Phi) is 3.89. The number of rotatable bonds is 3. The van der Waals surface area contributed by atoms with Crippen molar-refractivity contribution in [2.24, 2.45) is 0 Å². The Morgan fingerprint density at radius 1 is 1.00 bits per heavy atom. The molecule has 0 amide bonds. The molecular weight excluding hydrogens is 276 g/mol. The van der Waals surface area contributed by atoms with Gasteiger partial charge in [-0.05, 0) is 34.0 Å². The lowest BCUT2D eigenvalue weighted by Crippen LogP contribution is -1.95. The molecule has 0 fully saturated rings. The Morgan fingerprint density at radius 3 is 2.29 bits per heavy atom. The molecule has 2 nitrogen and oxygen atoms in total. The summed E-state index contributed by atoms with van der Waals surface area (Å²) in [6, 6.07) is 10.5. The minimum Gasteiger partial charge on any atom is -0.233 e. The number of nitrogens with zero attached hydrogens (tertiary/aromatic N) is 2. The Labute approximate surface area is 110 Å². The summed E-state index contributed by atoms with van der Waals surface area (Å²) >= 11 is 3.43. The normalized spacial score (nSPS) is 10.5. The zero-order valence-electron chi connectivity index (χ0n) is 10.1. The van der Waals surface area contributed by atoms with Crippen LogP contribution in [-0.4, -0.2) is 9.97 Å². The van der Waals surface area contributed by atoms with E-state index in [1.807, 2.05) is 6.07 Å². The van der Waals surface area contributed by atoms with Crippen molar-refractivity contribution in [3.05, 3.63) is 46.3 Å². The average molecular weight is 291 g/mol. The van der Waals surface area contributed by atoms with Crippen LogP contribution >= 0.6 is 15.9 Å². The SMILES string of the molecule is CCc1ccc(-c2cc(Br)nc(CC)n2)cc1. The van der Waals surface area contributed by atoms with Gasteiger partial charge in [-0.1, -0.05) is 38.1 Å². The molecular formula is C14H15BrN2. The van der Waals surface area contributed by atoms with E-state index in [-0.39, 0.29) is 0 Å². The molecule has 1 aromatic carbocycles. The number of hydrogen-bond donors (Lipinski definition) is 0. The molecule has 88 valence electrons. The fraction of sp³-hybridized carbons (Fsp3) is 0.286. The summed E-state index contributed by atoms with van der Waals surface area (Å²) in [6.45, 7) is 4.22. The molecule has 3 heteroatoms. The summed E-state index contributed by atoms with van der Waals surface area (Å²) in [5.41, 5.74) is 3.46. The Hall–Kier alpha value is -1.22. The van der Waals surface area contributed by atoms with Crippen molar-refractivity contribution >= 4 is 15.9 Å². The van der Waals surface area contributed by atoms with E-state index >= 15 is 0 Å². The van der Waals surface area contributed by atoms with Crippen molar-refractivity contribution < 1.29 is 0 Å². The first kappa shape index (κ1) is 12.2. The maximum atomic E-state index is 4.54. The number of aryl methyl sites for hydroxylation is 2. The maximum absolute atomic E-state index is 4.54. The van der Waals surface area contributed by atoms with Crippen LogP contribution in [0.25, 0.3) is 11.3 Å². The number of halogens is 1. The van der Waals surface area contributed by atoms with Gasteiger partial charge in [-0.25, -0.2) is 9.97 Å². The van der Waals surface area contributed by atoms with E-state index in [1.165, 1.54) is 5.56 Å².